The van der Waals surface area contributed by atoms with Crippen LogP contribution in [0, 0.1) is 5.92 Å². The van der Waals surface area contributed by atoms with Gasteiger partial charge in [0.05, 0.1) is 9.77 Å². The van der Waals surface area contributed by atoms with Gasteiger partial charge in [-0.05, 0) is 35.6 Å². The highest BCUT2D eigenvalue weighted by Gasteiger charge is 2.30. The number of halogens is 1. The number of nitrogens with one attached hydrogen (secondary N) is 1. The molecule has 0 bridgehead atoms. The third-order valence-corrected chi connectivity index (χ3v) is 6.04. The second-order valence-corrected chi connectivity index (χ2v) is 8.91. The predicted molar refractivity (Wildman–Crippen MR) is 100 cm³/mol. The molecular weight excluding hydrogens is 398 g/mol. The predicted octanol–water partition coefficient (Wildman–Crippen LogP) is 3.13. The van der Waals surface area contributed by atoms with E-state index in [1.165, 1.54) is 29.5 Å². The molecule has 0 spiro atoms. The number of Topliss-reactive ketones (excluding diaryl/α,β-unsaturated/α-hetero) is 1. The van der Waals surface area contributed by atoms with E-state index in [-0.39, 0.29) is 21.6 Å². The Morgan fingerprint density at radius 2 is 1.96 bits per heavy atom. The van der Waals surface area contributed by atoms with E-state index in [0.717, 1.165) is 0 Å². The largest absolute Gasteiger partial charge is 0.456 e. The Bertz CT molecular complexity index is 878. The number of carbonyl (C=O) groups excluding carboxylic acids is 2. The minimum atomic E-state index is -3.97. The van der Waals surface area contributed by atoms with Gasteiger partial charge >= 0.3 is 5.97 Å². The summed E-state index contributed by atoms with van der Waals surface area (Å²) in [6.07, 6.45) is 0. The summed E-state index contributed by atoms with van der Waals surface area (Å²) in [5.41, 5.74) is 0. The van der Waals surface area contributed by atoms with Crippen molar-refractivity contribution in [2.45, 2.75) is 24.8 Å². The highest BCUT2D eigenvalue weighted by molar-refractivity contribution is 7.89. The van der Waals surface area contributed by atoms with Gasteiger partial charge in [-0.2, -0.15) is 4.72 Å². The number of rotatable bonds is 8. The Kier molecular flexibility index (Phi) is 6.94. The first-order valence-corrected chi connectivity index (χ1v) is 10.5. The molecule has 0 saturated carbocycles. The summed E-state index contributed by atoms with van der Waals surface area (Å²) in [4.78, 5) is 24.7. The summed E-state index contributed by atoms with van der Waals surface area (Å²) < 4.78 is 32.3. The summed E-state index contributed by atoms with van der Waals surface area (Å²) in [5.74, 6) is -1.53. The van der Waals surface area contributed by atoms with Crippen molar-refractivity contribution in [2.75, 3.05) is 6.61 Å². The van der Waals surface area contributed by atoms with Crippen molar-refractivity contribution < 1.29 is 22.7 Å². The van der Waals surface area contributed by atoms with Gasteiger partial charge in [-0.3, -0.25) is 9.59 Å². The Hall–Kier alpha value is -1.74. The zero-order valence-electron chi connectivity index (χ0n) is 14.1. The van der Waals surface area contributed by atoms with Crippen LogP contribution in [-0.4, -0.2) is 32.8 Å². The van der Waals surface area contributed by atoms with Crippen LogP contribution in [0.15, 0.2) is 46.7 Å². The van der Waals surface area contributed by atoms with Crippen LogP contribution in [0.3, 0.4) is 0 Å². The van der Waals surface area contributed by atoms with Crippen LogP contribution in [0.1, 0.15) is 23.5 Å². The number of carbonyl (C=O) groups is 2. The maximum atomic E-state index is 12.5. The van der Waals surface area contributed by atoms with E-state index in [1.54, 1.807) is 37.4 Å². The molecule has 0 unspecified atom stereocenters. The van der Waals surface area contributed by atoms with Crippen LogP contribution in [0.25, 0.3) is 0 Å². The third kappa shape index (κ3) is 5.38. The van der Waals surface area contributed by atoms with E-state index in [1.807, 2.05) is 0 Å². The number of benzene rings is 1. The molecule has 6 nitrogen and oxygen atoms in total. The molecule has 2 rings (SSSR count). The monoisotopic (exact) mass is 415 g/mol. The molecule has 9 heteroatoms. The molecule has 0 radical (unpaired) electrons. The standard InChI is InChI=1S/C17H18ClNO5S2/c1-11(2)16(17(21)24-10-14(20)15-7-4-8-25-15)19-26(22,23)13-6-3-5-12(18)9-13/h3-9,11,16,19H,10H2,1-2H3/t16-/m0/s1. The van der Waals surface area contributed by atoms with Gasteiger partial charge in [0.25, 0.3) is 0 Å². The Balaban J connectivity index is 2.08. The van der Waals surface area contributed by atoms with Gasteiger partial charge in [0.15, 0.2) is 6.61 Å². The van der Waals surface area contributed by atoms with E-state index in [9.17, 15) is 18.0 Å². The van der Waals surface area contributed by atoms with Crippen LogP contribution < -0.4 is 4.72 Å². The summed E-state index contributed by atoms with van der Waals surface area (Å²) in [5, 5.41) is 2.00. The number of hydrogen-bond donors (Lipinski definition) is 1. The Morgan fingerprint density at radius 3 is 2.54 bits per heavy atom. The fourth-order valence-corrected chi connectivity index (χ4v) is 4.35. The number of esters is 1. The number of ether oxygens (including phenoxy) is 1. The average molecular weight is 416 g/mol. The van der Waals surface area contributed by atoms with Gasteiger partial charge in [-0.1, -0.05) is 37.6 Å². The maximum Gasteiger partial charge on any atom is 0.324 e. The molecule has 1 aromatic carbocycles. The minimum Gasteiger partial charge on any atom is -0.456 e. The molecule has 0 fully saturated rings. The molecule has 0 saturated heterocycles. The van der Waals surface area contributed by atoms with Crippen molar-refractivity contribution in [3.63, 3.8) is 0 Å². The molecule has 140 valence electrons. The quantitative estimate of drug-likeness (QED) is 0.528. The van der Waals surface area contributed by atoms with E-state index >= 15 is 0 Å². The van der Waals surface area contributed by atoms with Crippen molar-refractivity contribution in [3.05, 3.63) is 51.7 Å². The molecule has 1 atom stereocenters. The van der Waals surface area contributed by atoms with E-state index < -0.39 is 28.6 Å². The molecule has 0 aliphatic carbocycles. The zero-order chi connectivity index (χ0) is 19.3. The number of ketones is 1. The smallest absolute Gasteiger partial charge is 0.324 e. The first-order valence-electron chi connectivity index (χ1n) is 7.72. The van der Waals surface area contributed by atoms with Gasteiger partial charge in [0.2, 0.25) is 15.8 Å². The minimum absolute atomic E-state index is 0.0573. The molecule has 26 heavy (non-hydrogen) atoms. The van der Waals surface area contributed by atoms with Crippen LogP contribution in [-0.2, 0) is 19.6 Å². The highest BCUT2D eigenvalue weighted by Crippen LogP contribution is 2.17. The highest BCUT2D eigenvalue weighted by atomic mass is 35.5. The van der Waals surface area contributed by atoms with Crippen molar-refractivity contribution in [1.29, 1.82) is 0 Å². The summed E-state index contributed by atoms with van der Waals surface area (Å²) in [6, 6.07) is 7.92. The molecular formula is C17H18ClNO5S2. The topological polar surface area (TPSA) is 89.5 Å². The fourth-order valence-electron chi connectivity index (χ4n) is 2.06. The fraction of sp³-hybridized carbons (Fsp3) is 0.294. The van der Waals surface area contributed by atoms with Crippen LogP contribution >= 0.6 is 22.9 Å². The molecule has 1 heterocycles. The van der Waals surface area contributed by atoms with Gasteiger partial charge in [-0.15, -0.1) is 11.3 Å². The van der Waals surface area contributed by atoms with E-state index in [0.29, 0.717) is 4.88 Å². The average Bonchev–Trinajstić information content (AvgIpc) is 3.11. The van der Waals surface area contributed by atoms with Gasteiger partial charge < -0.3 is 4.74 Å². The molecule has 1 N–H and O–H groups in total. The zero-order valence-corrected chi connectivity index (χ0v) is 16.5. The molecule has 0 amide bonds. The third-order valence-electron chi connectivity index (χ3n) is 3.45. The van der Waals surface area contributed by atoms with Crippen molar-refractivity contribution >= 4 is 44.7 Å². The molecule has 0 aliphatic heterocycles. The summed E-state index contributed by atoms with van der Waals surface area (Å²) >= 11 is 7.07. The number of thiophene rings is 1. The summed E-state index contributed by atoms with van der Waals surface area (Å²) in [7, 11) is -3.97. The first-order chi connectivity index (χ1) is 12.2. The Labute approximate surface area is 161 Å². The lowest BCUT2D eigenvalue weighted by atomic mass is 10.1. The Morgan fingerprint density at radius 1 is 1.23 bits per heavy atom. The van der Waals surface area contributed by atoms with Gasteiger partial charge in [0.1, 0.15) is 6.04 Å². The van der Waals surface area contributed by atoms with Crippen LogP contribution in [0.4, 0.5) is 0 Å². The maximum absolute atomic E-state index is 12.5. The van der Waals surface area contributed by atoms with Gasteiger partial charge in [0, 0.05) is 5.02 Å². The van der Waals surface area contributed by atoms with Gasteiger partial charge in [-0.25, -0.2) is 8.42 Å². The normalized spacial score (nSPS) is 12.8. The lowest BCUT2D eigenvalue weighted by molar-refractivity contribution is -0.145. The van der Waals surface area contributed by atoms with Crippen molar-refractivity contribution in [3.8, 4) is 0 Å². The van der Waals surface area contributed by atoms with E-state index in [4.69, 9.17) is 16.3 Å². The number of sulfonamides is 1. The molecule has 1 aromatic heterocycles. The lowest BCUT2D eigenvalue weighted by Crippen LogP contribution is -2.45. The second-order valence-electron chi connectivity index (χ2n) is 5.81. The second kappa shape index (κ2) is 8.77. The first kappa shape index (κ1) is 20.6. The van der Waals surface area contributed by atoms with Crippen LogP contribution in [0.5, 0.6) is 0 Å². The molecule has 0 aliphatic rings. The van der Waals surface area contributed by atoms with E-state index in [2.05, 4.69) is 4.72 Å². The SMILES string of the molecule is CC(C)[C@H](NS(=O)(=O)c1cccc(Cl)c1)C(=O)OCC(=O)c1cccs1. The van der Waals surface area contributed by atoms with Crippen molar-refractivity contribution in [2.24, 2.45) is 5.92 Å². The summed E-state index contributed by atoms with van der Waals surface area (Å²) in [6.45, 7) is 2.91. The van der Waals surface area contributed by atoms with Crippen LogP contribution in [0.2, 0.25) is 5.02 Å². The number of hydrogen-bond acceptors (Lipinski definition) is 6. The molecule has 2 aromatic rings. The lowest BCUT2D eigenvalue weighted by Gasteiger charge is -2.20. The van der Waals surface area contributed by atoms with Crippen molar-refractivity contribution in [1.82, 2.24) is 4.72 Å².